The van der Waals surface area contributed by atoms with Crippen molar-refractivity contribution < 1.29 is 19.2 Å². The molecule has 2 aromatic carbocycles. The third-order valence-electron chi connectivity index (χ3n) is 6.29. The van der Waals surface area contributed by atoms with Gasteiger partial charge in [0.1, 0.15) is 6.04 Å². The third-order valence-corrected chi connectivity index (χ3v) is 6.29. The first-order valence-electron chi connectivity index (χ1n) is 11.6. The molecular formula is C26H33N5O4. The van der Waals surface area contributed by atoms with Gasteiger partial charge in [0, 0.05) is 51.4 Å². The summed E-state index contributed by atoms with van der Waals surface area (Å²) in [5.74, 6) is -1.31. The van der Waals surface area contributed by atoms with Crippen molar-refractivity contribution in [3.05, 3.63) is 59.2 Å². The number of imide groups is 1. The Hall–Kier alpha value is -3.56. The van der Waals surface area contributed by atoms with E-state index in [1.54, 1.807) is 18.2 Å². The normalized spacial score (nSPS) is 15.6. The first-order valence-corrected chi connectivity index (χ1v) is 11.6. The lowest BCUT2D eigenvalue weighted by atomic mass is 10.00. The fourth-order valence-electron chi connectivity index (χ4n) is 4.20. The Balaban J connectivity index is 1.86. The molecular weight excluding hydrogens is 446 g/mol. The van der Waals surface area contributed by atoms with Crippen LogP contribution in [0.4, 0.5) is 11.4 Å². The standard InChI is InChI=1S/C26H33N5O4/c1-27-14-15-29(2)16-18-8-10-20(11-9-18)30(3)21-7-5-6-19(17-32)24(21)26(35)31(4)22-12-13-23(33)28-25(22)34/h5-11,17,22,27H,12-16H2,1-4H3,(H,28,33,34). The molecule has 0 bridgehead atoms. The van der Waals surface area contributed by atoms with Gasteiger partial charge in [-0.1, -0.05) is 24.3 Å². The molecule has 0 aliphatic carbocycles. The van der Waals surface area contributed by atoms with Crippen LogP contribution in [-0.4, -0.2) is 81.1 Å². The Labute approximate surface area is 206 Å². The second-order valence-electron chi connectivity index (χ2n) is 8.81. The van der Waals surface area contributed by atoms with E-state index >= 15 is 0 Å². The second kappa shape index (κ2) is 11.7. The fourth-order valence-corrected chi connectivity index (χ4v) is 4.20. The van der Waals surface area contributed by atoms with Crippen molar-refractivity contribution in [2.45, 2.75) is 25.4 Å². The number of hydrogen-bond acceptors (Lipinski definition) is 7. The molecule has 0 aromatic heterocycles. The number of hydrogen-bond donors (Lipinski definition) is 2. The van der Waals surface area contributed by atoms with Crippen LogP contribution >= 0.6 is 0 Å². The summed E-state index contributed by atoms with van der Waals surface area (Å²) in [6.07, 6.45) is 1.05. The number of benzene rings is 2. The van der Waals surface area contributed by atoms with E-state index < -0.39 is 17.9 Å². The molecule has 1 aliphatic heterocycles. The van der Waals surface area contributed by atoms with E-state index in [4.69, 9.17) is 0 Å². The highest BCUT2D eigenvalue weighted by atomic mass is 16.2. The number of likely N-dealkylation sites (N-methyl/N-ethyl adjacent to an activating group) is 3. The number of amides is 3. The molecule has 0 saturated carbocycles. The molecule has 1 atom stereocenters. The highest BCUT2D eigenvalue weighted by molar-refractivity contribution is 6.09. The molecule has 0 radical (unpaired) electrons. The highest BCUT2D eigenvalue weighted by Gasteiger charge is 2.34. The largest absolute Gasteiger partial charge is 0.344 e. The Morgan fingerprint density at radius 1 is 1.11 bits per heavy atom. The maximum atomic E-state index is 13.5. The van der Waals surface area contributed by atoms with Crippen LogP contribution in [0, 0.1) is 0 Å². The van der Waals surface area contributed by atoms with Gasteiger partial charge in [0.05, 0.1) is 11.3 Å². The monoisotopic (exact) mass is 479 g/mol. The van der Waals surface area contributed by atoms with Gasteiger partial charge in [0.25, 0.3) is 5.91 Å². The minimum Gasteiger partial charge on any atom is -0.344 e. The van der Waals surface area contributed by atoms with E-state index in [0.29, 0.717) is 12.0 Å². The van der Waals surface area contributed by atoms with Crippen molar-refractivity contribution in [1.29, 1.82) is 0 Å². The lowest BCUT2D eigenvalue weighted by Gasteiger charge is -2.31. The van der Waals surface area contributed by atoms with Gasteiger partial charge < -0.3 is 20.0 Å². The molecule has 1 aliphatic rings. The molecule has 1 fully saturated rings. The zero-order chi connectivity index (χ0) is 25.5. The number of nitrogens with zero attached hydrogens (tertiary/aromatic N) is 3. The summed E-state index contributed by atoms with van der Waals surface area (Å²) in [6, 6.07) is 12.4. The van der Waals surface area contributed by atoms with Crippen LogP contribution in [0.25, 0.3) is 0 Å². The van der Waals surface area contributed by atoms with Gasteiger partial charge in [0.15, 0.2) is 6.29 Å². The third kappa shape index (κ3) is 6.12. The number of aldehydes is 1. The van der Waals surface area contributed by atoms with Crippen molar-refractivity contribution in [2.75, 3.05) is 46.2 Å². The highest BCUT2D eigenvalue weighted by Crippen LogP contribution is 2.31. The second-order valence-corrected chi connectivity index (χ2v) is 8.81. The number of nitrogens with one attached hydrogen (secondary N) is 2. The van der Waals surface area contributed by atoms with Crippen LogP contribution in [-0.2, 0) is 16.1 Å². The summed E-state index contributed by atoms with van der Waals surface area (Å²) in [5.41, 5.74) is 3.02. The van der Waals surface area contributed by atoms with E-state index in [0.717, 1.165) is 30.9 Å². The molecule has 1 heterocycles. The number of rotatable bonds is 10. The number of carbonyl (C=O) groups is 4. The molecule has 3 rings (SSSR count). The summed E-state index contributed by atoms with van der Waals surface area (Å²) in [4.78, 5) is 54.6. The average molecular weight is 480 g/mol. The lowest BCUT2D eigenvalue weighted by molar-refractivity contribution is -0.136. The van der Waals surface area contributed by atoms with Gasteiger partial charge in [-0.15, -0.1) is 0 Å². The number of carbonyl (C=O) groups excluding carboxylic acids is 4. The summed E-state index contributed by atoms with van der Waals surface area (Å²) in [7, 11) is 7.35. The Morgan fingerprint density at radius 2 is 1.83 bits per heavy atom. The average Bonchev–Trinajstić information content (AvgIpc) is 2.86. The zero-order valence-electron chi connectivity index (χ0n) is 20.7. The maximum absolute atomic E-state index is 13.5. The first kappa shape index (κ1) is 26.1. The number of piperidine rings is 1. The molecule has 9 heteroatoms. The van der Waals surface area contributed by atoms with Gasteiger partial charge >= 0.3 is 0 Å². The van der Waals surface area contributed by atoms with Crippen LogP contribution in [0.5, 0.6) is 0 Å². The Bertz CT molecular complexity index is 1090. The van der Waals surface area contributed by atoms with E-state index in [1.807, 2.05) is 43.3 Å². The molecule has 35 heavy (non-hydrogen) atoms. The van der Waals surface area contributed by atoms with Crippen molar-refractivity contribution in [1.82, 2.24) is 20.4 Å². The topological polar surface area (TPSA) is 102 Å². The van der Waals surface area contributed by atoms with Gasteiger partial charge in [-0.2, -0.15) is 0 Å². The predicted molar refractivity (Wildman–Crippen MR) is 135 cm³/mol. The Kier molecular flexibility index (Phi) is 8.73. The van der Waals surface area contributed by atoms with Gasteiger partial charge in [0.2, 0.25) is 11.8 Å². The van der Waals surface area contributed by atoms with Crippen molar-refractivity contribution in [3.8, 4) is 0 Å². The molecule has 2 N–H and O–H groups in total. The van der Waals surface area contributed by atoms with E-state index in [9.17, 15) is 19.2 Å². The van der Waals surface area contributed by atoms with Crippen molar-refractivity contribution in [2.24, 2.45) is 0 Å². The smallest absolute Gasteiger partial charge is 0.257 e. The van der Waals surface area contributed by atoms with E-state index in [-0.39, 0.29) is 29.9 Å². The van der Waals surface area contributed by atoms with E-state index in [1.165, 1.54) is 11.9 Å². The fraction of sp³-hybridized carbons (Fsp3) is 0.385. The summed E-state index contributed by atoms with van der Waals surface area (Å²) >= 11 is 0. The molecule has 1 unspecified atom stereocenters. The molecule has 2 aromatic rings. The molecule has 9 nitrogen and oxygen atoms in total. The minimum absolute atomic E-state index is 0.159. The van der Waals surface area contributed by atoms with E-state index in [2.05, 4.69) is 22.6 Å². The maximum Gasteiger partial charge on any atom is 0.257 e. The molecule has 186 valence electrons. The molecule has 0 spiro atoms. The summed E-state index contributed by atoms with van der Waals surface area (Å²) in [5, 5.41) is 5.42. The van der Waals surface area contributed by atoms with Gasteiger partial charge in [-0.3, -0.25) is 24.5 Å². The van der Waals surface area contributed by atoms with Crippen LogP contribution in [0.3, 0.4) is 0 Å². The van der Waals surface area contributed by atoms with Gasteiger partial charge in [-0.25, -0.2) is 0 Å². The summed E-state index contributed by atoms with van der Waals surface area (Å²) < 4.78 is 0. The van der Waals surface area contributed by atoms with Crippen LogP contribution in [0.1, 0.15) is 39.1 Å². The minimum atomic E-state index is -0.780. The predicted octanol–water partition coefficient (Wildman–Crippen LogP) is 1.80. The van der Waals surface area contributed by atoms with Crippen LogP contribution < -0.4 is 15.5 Å². The SMILES string of the molecule is CNCCN(C)Cc1ccc(N(C)c2cccc(C=O)c2C(=O)N(C)C2CCC(=O)NC2=O)cc1. The molecule has 3 amide bonds. The lowest BCUT2D eigenvalue weighted by Crippen LogP contribution is -2.53. The first-order chi connectivity index (χ1) is 16.8. The Morgan fingerprint density at radius 3 is 2.46 bits per heavy atom. The van der Waals surface area contributed by atoms with Crippen molar-refractivity contribution in [3.63, 3.8) is 0 Å². The quantitative estimate of drug-likeness (QED) is 0.396. The van der Waals surface area contributed by atoms with Crippen molar-refractivity contribution >= 4 is 35.4 Å². The van der Waals surface area contributed by atoms with Crippen LogP contribution in [0.2, 0.25) is 0 Å². The van der Waals surface area contributed by atoms with Crippen LogP contribution in [0.15, 0.2) is 42.5 Å². The number of anilines is 2. The zero-order valence-corrected chi connectivity index (χ0v) is 20.7. The summed E-state index contributed by atoms with van der Waals surface area (Å²) in [6.45, 7) is 2.66. The van der Waals surface area contributed by atoms with Gasteiger partial charge in [-0.05, 0) is 44.3 Å². The molecule has 1 saturated heterocycles.